The normalized spacial score (nSPS) is 12.4. The molecular formula is C10H8F2N4O4. The molecule has 3 N–H and O–H groups in total. The number of halogens is 2. The van der Waals surface area contributed by atoms with Gasteiger partial charge in [0.15, 0.2) is 0 Å². The molecule has 0 aliphatic rings. The van der Waals surface area contributed by atoms with Crippen LogP contribution in [0.25, 0.3) is 11.4 Å². The molecule has 0 amide bonds. The largest absolute Gasteiger partial charge is 0.394 e. The van der Waals surface area contributed by atoms with Crippen molar-refractivity contribution in [3.63, 3.8) is 0 Å². The first kappa shape index (κ1) is 14.0. The molecule has 1 aromatic carbocycles. The molecule has 8 nitrogen and oxygen atoms in total. The summed E-state index contributed by atoms with van der Waals surface area (Å²) in [5, 5.41) is 22.7. The Morgan fingerprint density at radius 2 is 2.20 bits per heavy atom. The van der Waals surface area contributed by atoms with Gasteiger partial charge in [0.05, 0.1) is 11.5 Å². The van der Waals surface area contributed by atoms with Gasteiger partial charge < -0.3 is 15.4 Å². The van der Waals surface area contributed by atoms with Crippen molar-refractivity contribution in [2.45, 2.75) is 6.04 Å². The number of hydrogen-bond acceptors (Lipinski definition) is 7. The van der Waals surface area contributed by atoms with Crippen LogP contribution in [0.3, 0.4) is 0 Å². The highest BCUT2D eigenvalue weighted by Crippen LogP contribution is 2.30. The minimum atomic E-state index is -1.42. The van der Waals surface area contributed by atoms with E-state index in [4.69, 9.17) is 10.8 Å². The highest BCUT2D eigenvalue weighted by Gasteiger charge is 2.26. The van der Waals surface area contributed by atoms with Crippen molar-refractivity contribution in [3.8, 4) is 11.4 Å². The van der Waals surface area contributed by atoms with Gasteiger partial charge >= 0.3 is 5.69 Å². The second-order valence-corrected chi connectivity index (χ2v) is 3.76. The van der Waals surface area contributed by atoms with Gasteiger partial charge in [-0.1, -0.05) is 5.16 Å². The number of benzene rings is 1. The van der Waals surface area contributed by atoms with E-state index in [1.165, 1.54) is 0 Å². The number of nitro benzene ring substituents is 1. The second kappa shape index (κ2) is 5.27. The standard InChI is InChI=1S/C10H8F2N4O4/c11-4-1-2-6(16(18)19)8(12)7(4)9-14-10(20-15-9)5(13)3-17/h1-2,5,17H,3,13H2/t5-/m1/s1. The number of nitro groups is 1. The molecule has 0 fully saturated rings. The quantitative estimate of drug-likeness (QED) is 0.631. The van der Waals surface area contributed by atoms with Crippen molar-refractivity contribution in [3.05, 3.63) is 39.8 Å². The molecule has 1 aromatic heterocycles. The lowest BCUT2D eigenvalue weighted by molar-refractivity contribution is -0.387. The van der Waals surface area contributed by atoms with E-state index < -0.39 is 46.3 Å². The summed E-state index contributed by atoms with van der Waals surface area (Å²) >= 11 is 0. The van der Waals surface area contributed by atoms with Gasteiger partial charge in [0.1, 0.15) is 17.4 Å². The molecule has 2 rings (SSSR count). The minimum absolute atomic E-state index is 0.243. The molecule has 0 aliphatic carbocycles. The summed E-state index contributed by atoms with van der Waals surface area (Å²) in [7, 11) is 0. The maximum absolute atomic E-state index is 13.9. The zero-order valence-corrected chi connectivity index (χ0v) is 9.79. The first-order chi connectivity index (χ1) is 9.45. The number of nitrogens with two attached hydrogens (primary N) is 1. The molecule has 0 aliphatic heterocycles. The number of rotatable bonds is 4. The van der Waals surface area contributed by atoms with Gasteiger partial charge in [0.25, 0.3) is 0 Å². The lowest BCUT2D eigenvalue weighted by Crippen LogP contribution is -2.14. The molecule has 0 saturated carbocycles. The third kappa shape index (κ3) is 2.33. The Labute approximate surface area is 110 Å². The molecule has 1 heterocycles. The van der Waals surface area contributed by atoms with Crippen molar-refractivity contribution in [2.75, 3.05) is 6.61 Å². The molecule has 0 bridgehead atoms. The predicted octanol–water partition coefficient (Wildman–Crippen LogP) is 0.915. The first-order valence-electron chi connectivity index (χ1n) is 5.28. The summed E-state index contributed by atoms with van der Waals surface area (Å²) in [6.07, 6.45) is 0. The van der Waals surface area contributed by atoms with Crippen LogP contribution in [0.2, 0.25) is 0 Å². The molecule has 10 heteroatoms. The smallest absolute Gasteiger partial charge is 0.305 e. The highest BCUT2D eigenvalue weighted by molar-refractivity contribution is 5.61. The summed E-state index contributed by atoms with van der Waals surface area (Å²) in [6, 6.07) is 0.397. The van der Waals surface area contributed by atoms with Crippen LogP contribution in [-0.2, 0) is 0 Å². The van der Waals surface area contributed by atoms with Crippen molar-refractivity contribution in [1.29, 1.82) is 0 Å². The molecule has 106 valence electrons. The van der Waals surface area contributed by atoms with Gasteiger partial charge in [0.2, 0.25) is 17.5 Å². The molecular weight excluding hydrogens is 278 g/mol. The third-order valence-corrected chi connectivity index (χ3v) is 2.45. The highest BCUT2D eigenvalue weighted by atomic mass is 19.1. The van der Waals surface area contributed by atoms with Gasteiger partial charge in [-0.15, -0.1) is 0 Å². The van der Waals surface area contributed by atoms with Crippen molar-refractivity contribution in [1.82, 2.24) is 10.1 Å². The Morgan fingerprint density at radius 3 is 2.80 bits per heavy atom. The van der Waals surface area contributed by atoms with Crippen LogP contribution in [0.5, 0.6) is 0 Å². The molecule has 20 heavy (non-hydrogen) atoms. The van der Waals surface area contributed by atoms with Gasteiger partial charge in [-0.3, -0.25) is 10.1 Å². The van der Waals surface area contributed by atoms with Gasteiger partial charge in [-0.25, -0.2) is 4.39 Å². The van der Waals surface area contributed by atoms with Crippen LogP contribution >= 0.6 is 0 Å². The Balaban J connectivity index is 2.55. The van der Waals surface area contributed by atoms with Crippen molar-refractivity contribution in [2.24, 2.45) is 5.73 Å². The molecule has 0 saturated heterocycles. The first-order valence-corrected chi connectivity index (χ1v) is 5.28. The van der Waals surface area contributed by atoms with E-state index in [-0.39, 0.29) is 5.89 Å². The van der Waals surface area contributed by atoms with Crippen LogP contribution in [0.15, 0.2) is 16.7 Å². The fourth-order valence-corrected chi connectivity index (χ4v) is 1.45. The Bertz CT molecular complexity index is 661. The van der Waals surface area contributed by atoms with Crippen LogP contribution in [0, 0.1) is 21.7 Å². The van der Waals surface area contributed by atoms with Gasteiger partial charge in [-0.05, 0) is 6.07 Å². The second-order valence-electron chi connectivity index (χ2n) is 3.76. The monoisotopic (exact) mass is 286 g/mol. The average Bonchev–Trinajstić information content (AvgIpc) is 2.87. The molecule has 2 aromatic rings. The number of aliphatic hydroxyl groups excluding tert-OH is 1. The number of aliphatic hydroxyl groups is 1. The van der Waals surface area contributed by atoms with E-state index in [2.05, 4.69) is 14.7 Å². The topological polar surface area (TPSA) is 128 Å². The van der Waals surface area contributed by atoms with Crippen LogP contribution in [0.4, 0.5) is 14.5 Å². The van der Waals surface area contributed by atoms with Crippen LogP contribution < -0.4 is 5.73 Å². The Hall–Kier alpha value is -2.46. The van der Waals surface area contributed by atoms with E-state index in [0.717, 1.165) is 6.07 Å². The van der Waals surface area contributed by atoms with E-state index >= 15 is 0 Å². The van der Waals surface area contributed by atoms with E-state index in [1.54, 1.807) is 0 Å². The van der Waals surface area contributed by atoms with Crippen molar-refractivity contribution < 1.29 is 23.3 Å². The molecule has 1 atom stereocenters. The Kier molecular flexibility index (Phi) is 3.68. The van der Waals surface area contributed by atoms with Gasteiger partial charge in [0, 0.05) is 6.07 Å². The summed E-state index contributed by atoms with van der Waals surface area (Å²) in [6.45, 7) is -0.512. The fourth-order valence-electron chi connectivity index (χ4n) is 1.45. The molecule has 0 radical (unpaired) electrons. The fraction of sp³-hybridized carbons (Fsp3) is 0.200. The van der Waals surface area contributed by atoms with Crippen molar-refractivity contribution >= 4 is 5.69 Å². The van der Waals surface area contributed by atoms with E-state index in [0.29, 0.717) is 6.07 Å². The zero-order chi connectivity index (χ0) is 14.9. The SMILES string of the molecule is N[C@H](CO)c1nc(-c2c(F)ccc([N+](=O)[O-])c2F)no1. The van der Waals surface area contributed by atoms with Crippen LogP contribution in [-0.4, -0.2) is 26.8 Å². The lowest BCUT2D eigenvalue weighted by Gasteiger charge is -2.01. The lowest BCUT2D eigenvalue weighted by atomic mass is 10.1. The predicted molar refractivity (Wildman–Crippen MR) is 60.3 cm³/mol. The number of nitrogens with zero attached hydrogens (tertiary/aromatic N) is 3. The van der Waals surface area contributed by atoms with Crippen LogP contribution in [0.1, 0.15) is 11.9 Å². The molecule has 0 spiro atoms. The Morgan fingerprint density at radius 1 is 1.50 bits per heavy atom. The average molecular weight is 286 g/mol. The maximum atomic E-state index is 13.9. The minimum Gasteiger partial charge on any atom is -0.394 e. The summed E-state index contributed by atoms with van der Waals surface area (Å²) in [5.41, 5.74) is 3.69. The summed E-state index contributed by atoms with van der Waals surface area (Å²) < 4.78 is 32.1. The summed E-state index contributed by atoms with van der Waals surface area (Å²) in [4.78, 5) is 13.2. The number of hydrogen-bond donors (Lipinski definition) is 2. The third-order valence-electron chi connectivity index (χ3n) is 2.45. The van der Waals surface area contributed by atoms with Gasteiger partial charge in [-0.2, -0.15) is 9.37 Å². The maximum Gasteiger partial charge on any atom is 0.305 e. The summed E-state index contributed by atoms with van der Waals surface area (Å²) in [5.74, 6) is -3.27. The van der Waals surface area contributed by atoms with E-state index in [1.807, 2.05) is 0 Å². The van der Waals surface area contributed by atoms with E-state index in [9.17, 15) is 18.9 Å². The zero-order valence-electron chi connectivity index (χ0n) is 9.79. The number of aromatic nitrogens is 2. The molecule has 0 unspecified atom stereocenters.